The number of amides is 2. The van der Waals surface area contributed by atoms with Gasteiger partial charge in [-0.1, -0.05) is 31.9 Å². The van der Waals surface area contributed by atoms with Crippen LogP contribution in [-0.4, -0.2) is 32.6 Å². The molecule has 0 spiro atoms. The first-order valence-corrected chi connectivity index (χ1v) is 9.55. The van der Waals surface area contributed by atoms with Crippen LogP contribution in [0.2, 0.25) is 0 Å². The Morgan fingerprint density at radius 1 is 1.00 bits per heavy atom. The third-order valence-electron chi connectivity index (χ3n) is 4.36. The van der Waals surface area contributed by atoms with E-state index in [1.807, 2.05) is 24.3 Å². The van der Waals surface area contributed by atoms with Crippen molar-refractivity contribution in [1.29, 1.82) is 0 Å². The summed E-state index contributed by atoms with van der Waals surface area (Å²) in [5.41, 5.74) is 7.39. The zero-order chi connectivity index (χ0) is 21.2. The van der Waals surface area contributed by atoms with Gasteiger partial charge in [0.15, 0.2) is 18.1 Å². The minimum Gasteiger partial charge on any atom is -0.493 e. The maximum atomic E-state index is 12.7. The van der Waals surface area contributed by atoms with Crippen LogP contribution in [0.4, 0.5) is 5.69 Å². The summed E-state index contributed by atoms with van der Waals surface area (Å²) in [6, 6.07) is 10.9. The number of carbonyl (C=O) groups excluding carboxylic acids is 2. The molecule has 0 fully saturated rings. The van der Waals surface area contributed by atoms with Crippen LogP contribution in [-0.2, 0) is 11.2 Å². The Balaban J connectivity index is 2.14. The van der Waals surface area contributed by atoms with E-state index in [0.29, 0.717) is 11.3 Å². The standard InChI is InChI=1S/C22H28N2O5/c1-4-5-6-7-15-8-10-17(11-9-15)24-22(26)16-12-18(27-2)21(19(13-16)28-3)29-14-20(23)25/h8-13H,4-7,14H2,1-3H3,(H2,23,25)(H,24,26). The number of benzene rings is 2. The van der Waals surface area contributed by atoms with Crippen molar-refractivity contribution in [3.05, 3.63) is 47.5 Å². The van der Waals surface area contributed by atoms with Gasteiger partial charge in [-0.2, -0.15) is 0 Å². The summed E-state index contributed by atoms with van der Waals surface area (Å²) < 4.78 is 15.9. The SMILES string of the molecule is CCCCCc1ccc(NC(=O)c2cc(OC)c(OCC(N)=O)c(OC)c2)cc1. The number of nitrogens with one attached hydrogen (secondary N) is 1. The van der Waals surface area contributed by atoms with Gasteiger partial charge in [-0.25, -0.2) is 0 Å². The van der Waals surface area contributed by atoms with Crippen molar-refractivity contribution in [2.24, 2.45) is 5.73 Å². The fourth-order valence-corrected chi connectivity index (χ4v) is 2.83. The summed E-state index contributed by atoms with van der Waals surface area (Å²) in [7, 11) is 2.87. The molecule has 2 aromatic rings. The quantitative estimate of drug-likeness (QED) is 0.562. The van der Waals surface area contributed by atoms with Gasteiger partial charge < -0.3 is 25.3 Å². The van der Waals surface area contributed by atoms with Gasteiger partial charge in [0.25, 0.3) is 11.8 Å². The normalized spacial score (nSPS) is 10.3. The van der Waals surface area contributed by atoms with Crippen LogP contribution in [0.25, 0.3) is 0 Å². The second-order valence-electron chi connectivity index (χ2n) is 6.57. The van der Waals surface area contributed by atoms with E-state index in [9.17, 15) is 9.59 Å². The zero-order valence-corrected chi connectivity index (χ0v) is 17.1. The van der Waals surface area contributed by atoms with Crippen molar-refractivity contribution in [1.82, 2.24) is 0 Å². The van der Waals surface area contributed by atoms with Crippen LogP contribution in [0.1, 0.15) is 42.1 Å². The molecule has 0 aliphatic carbocycles. The molecule has 0 atom stereocenters. The first-order valence-electron chi connectivity index (χ1n) is 9.55. The topological polar surface area (TPSA) is 99.9 Å². The lowest BCUT2D eigenvalue weighted by molar-refractivity contribution is -0.120. The van der Waals surface area contributed by atoms with Gasteiger partial charge in [-0.3, -0.25) is 9.59 Å². The number of carbonyl (C=O) groups is 2. The second kappa shape index (κ2) is 10.9. The summed E-state index contributed by atoms with van der Waals surface area (Å²) >= 11 is 0. The van der Waals surface area contributed by atoms with E-state index in [2.05, 4.69) is 12.2 Å². The van der Waals surface area contributed by atoms with Gasteiger partial charge in [0.2, 0.25) is 5.75 Å². The number of nitrogens with two attached hydrogens (primary N) is 1. The number of unbranched alkanes of at least 4 members (excludes halogenated alkanes) is 2. The van der Waals surface area contributed by atoms with E-state index < -0.39 is 5.91 Å². The minimum atomic E-state index is -0.630. The summed E-state index contributed by atoms with van der Waals surface area (Å²) in [6.07, 6.45) is 4.59. The van der Waals surface area contributed by atoms with Crippen molar-refractivity contribution in [2.45, 2.75) is 32.6 Å². The van der Waals surface area contributed by atoms with Crippen molar-refractivity contribution < 1.29 is 23.8 Å². The molecule has 0 aliphatic heterocycles. The molecular formula is C22H28N2O5. The summed E-state index contributed by atoms with van der Waals surface area (Å²) in [5.74, 6) is -0.207. The highest BCUT2D eigenvalue weighted by Gasteiger charge is 2.18. The molecular weight excluding hydrogens is 372 g/mol. The maximum absolute atomic E-state index is 12.7. The lowest BCUT2D eigenvalue weighted by atomic mass is 10.1. The molecule has 0 saturated heterocycles. The fraction of sp³-hybridized carbons (Fsp3) is 0.364. The van der Waals surface area contributed by atoms with E-state index in [1.165, 1.54) is 44.8 Å². The molecule has 0 heterocycles. The number of aryl methyl sites for hydroxylation is 1. The molecule has 0 aromatic heterocycles. The Labute approximate surface area is 171 Å². The van der Waals surface area contributed by atoms with Crippen LogP contribution >= 0.6 is 0 Å². The van der Waals surface area contributed by atoms with Crippen LogP contribution in [0.3, 0.4) is 0 Å². The average Bonchev–Trinajstić information content (AvgIpc) is 2.72. The molecule has 29 heavy (non-hydrogen) atoms. The lowest BCUT2D eigenvalue weighted by Crippen LogP contribution is -2.20. The van der Waals surface area contributed by atoms with Gasteiger partial charge in [0.1, 0.15) is 0 Å². The Kier molecular flexibility index (Phi) is 8.33. The van der Waals surface area contributed by atoms with E-state index in [1.54, 1.807) is 0 Å². The van der Waals surface area contributed by atoms with E-state index in [4.69, 9.17) is 19.9 Å². The van der Waals surface area contributed by atoms with Crippen molar-refractivity contribution >= 4 is 17.5 Å². The number of anilines is 1. The van der Waals surface area contributed by atoms with Crippen molar-refractivity contribution in [3.63, 3.8) is 0 Å². The third-order valence-corrected chi connectivity index (χ3v) is 4.36. The molecule has 156 valence electrons. The number of rotatable bonds is 11. The minimum absolute atomic E-state index is 0.210. The molecule has 2 amide bonds. The third kappa shape index (κ3) is 6.41. The highest BCUT2D eigenvalue weighted by atomic mass is 16.5. The van der Waals surface area contributed by atoms with E-state index in [0.717, 1.165) is 12.8 Å². The first kappa shape index (κ1) is 22.1. The number of hydrogen-bond donors (Lipinski definition) is 2. The van der Waals surface area contributed by atoms with Gasteiger partial charge in [-0.15, -0.1) is 0 Å². The Hall–Kier alpha value is -3.22. The molecule has 3 N–H and O–H groups in total. The Bertz CT molecular complexity index is 809. The number of ether oxygens (including phenoxy) is 3. The highest BCUT2D eigenvalue weighted by Crippen LogP contribution is 2.38. The van der Waals surface area contributed by atoms with Crippen LogP contribution in [0.5, 0.6) is 17.2 Å². The average molecular weight is 400 g/mol. The van der Waals surface area contributed by atoms with Crippen molar-refractivity contribution in [2.75, 3.05) is 26.1 Å². The maximum Gasteiger partial charge on any atom is 0.255 e. The largest absolute Gasteiger partial charge is 0.493 e. The molecule has 0 aliphatic rings. The first-order chi connectivity index (χ1) is 14.0. The lowest BCUT2D eigenvalue weighted by Gasteiger charge is -2.15. The number of methoxy groups -OCH3 is 2. The zero-order valence-electron chi connectivity index (χ0n) is 17.1. The smallest absolute Gasteiger partial charge is 0.255 e. The Morgan fingerprint density at radius 2 is 1.62 bits per heavy atom. The van der Waals surface area contributed by atoms with Gasteiger partial charge >= 0.3 is 0 Å². The van der Waals surface area contributed by atoms with Crippen LogP contribution < -0.4 is 25.3 Å². The molecule has 0 bridgehead atoms. The predicted molar refractivity (Wildman–Crippen MR) is 112 cm³/mol. The van der Waals surface area contributed by atoms with Crippen LogP contribution in [0.15, 0.2) is 36.4 Å². The van der Waals surface area contributed by atoms with Gasteiger partial charge in [-0.05, 0) is 42.7 Å². The molecule has 7 nitrogen and oxygen atoms in total. The molecule has 0 saturated carbocycles. The van der Waals surface area contributed by atoms with Crippen molar-refractivity contribution in [3.8, 4) is 17.2 Å². The fourth-order valence-electron chi connectivity index (χ4n) is 2.83. The molecule has 0 unspecified atom stereocenters. The second-order valence-corrected chi connectivity index (χ2v) is 6.57. The molecule has 0 radical (unpaired) electrons. The summed E-state index contributed by atoms with van der Waals surface area (Å²) in [4.78, 5) is 23.7. The van der Waals surface area contributed by atoms with E-state index >= 15 is 0 Å². The van der Waals surface area contributed by atoms with Gasteiger partial charge in [0, 0.05) is 11.3 Å². The monoisotopic (exact) mass is 400 g/mol. The van der Waals surface area contributed by atoms with Gasteiger partial charge in [0.05, 0.1) is 14.2 Å². The summed E-state index contributed by atoms with van der Waals surface area (Å²) in [5, 5.41) is 2.86. The molecule has 2 aromatic carbocycles. The highest BCUT2D eigenvalue weighted by molar-refractivity contribution is 6.05. The number of primary amides is 1. The Morgan fingerprint density at radius 3 is 2.14 bits per heavy atom. The summed E-state index contributed by atoms with van der Waals surface area (Å²) in [6.45, 7) is 1.85. The molecule has 2 rings (SSSR count). The molecule has 7 heteroatoms. The number of hydrogen-bond acceptors (Lipinski definition) is 5. The van der Waals surface area contributed by atoms with E-state index in [-0.39, 0.29) is 29.8 Å². The van der Waals surface area contributed by atoms with Crippen LogP contribution in [0, 0.1) is 0 Å². The predicted octanol–water partition coefficient (Wildman–Crippen LogP) is 3.55.